The molecule has 0 N–H and O–H groups in total. The summed E-state index contributed by atoms with van der Waals surface area (Å²) in [6, 6.07) is 12.5. The van der Waals surface area contributed by atoms with Crippen LogP contribution >= 0.6 is 0 Å². The molecule has 0 aliphatic heterocycles. The van der Waals surface area contributed by atoms with Gasteiger partial charge in [0.2, 0.25) is 0 Å². The normalized spacial score (nSPS) is 13.2. The first kappa shape index (κ1) is 24.0. The first-order valence-electron chi connectivity index (χ1n) is 10.5. The van der Waals surface area contributed by atoms with Crippen LogP contribution in [0.4, 0.5) is 22.0 Å². The number of hydrogen-bond acceptors (Lipinski definition) is 1. The maximum Gasteiger partial charge on any atom is 0.416 e. The molecular weight excluding hydrogens is 423 g/mol. The van der Waals surface area contributed by atoms with Gasteiger partial charge in [0.05, 0.1) is 5.56 Å². The number of alkyl halides is 3. The van der Waals surface area contributed by atoms with E-state index in [4.69, 9.17) is 0 Å². The van der Waals surface area contributed by atoms with Crippen LogP contribution in [0, 0.1) is 17.6 Å². The molecule has 32 heavy (non-hydrogen) atoms. The number of halogens is 5. The van der Waals surface area contributed by atoms with Crippen molar-refractivity contribution in [2.75, 3.05) is 0 Å². The van der Waals surface area contributed by atoms with Gasteiger partial charge in [0.25, 0.3) is 0 Å². The zero-order valence-corrected chi connectivity index (χ0v) is 18.3. The van der Waals surface area contributed by atoms with E-state index < -0.39 is 23.4 Å². The average Bonchev–Trinajstić information content (AvgIpc) is 3.15. The second-order valence-electron chi connectivity index (χ2n) is 8.45. The molecule has 0 amide bonds. The fourth-order valence-electron chi connectivity index (χ4n) is 3.60. The Labute approximate surface area is 185 Å². The lowest BCUT2D eigenvalue weighted by atomic mass is 10.0. The summed E-state index contributed by atoms with van der Waals surface area (Å²) in [5, 5.41) is 0. The van der Waals surface area contributed by atoms with Crippen molar-refractivity contribution in [3.8, 4) is 0 Å². The van der Waals surface area contributed by atoms with Crippen LogP contribution in [0.15, 0.2) is 60.8 Å². The monoisotopic (exact) mass is 450 g/mol. The van der Waals surface area contributed by atoms with E-state index in [0.717, 1.165) is 35.5 Å². The molecule has 0 unspecified atom stereocenters. The summed E-state index contributed by atoms with van der Waals surface area (Å²) < 4.78 is 68.4. The maximum atomic E-state index is 14.3. The summed E-state index contributed by atoms with van der Waals surface area (Å²) in [6.07, 6.45) is -2.50. The van der Waals surface area contributed by atoms with E-state index in [9.17, 15) is 22.0 Å². The van der Waals surface area contributed by atoms with Crippen LogP contribution in [0.3, 0.4) is 0 Å². The SMILES string of the molecule is CC(C)[C@H](C)N(Cc1cc(F)ccc1F)Cc1cccn1Cc1ccc(C(F)(F)F)cc1. The lowest BCUT2D eigenvalue weighted by Crippen LogP contribution is -2.36. The Morgan fingerprint density at radius 2 is 1.59 bits per heavy atom. The van der Waals surface area contributed by atoms with Crippen LogP contribution in [0.25, 0.3) is 0 Å². The summed E-state index contributed by atoms with van der Waals surface area (Å²) in [5.74, 6) is -0.651. The summed E-state index contributed by atoms with van der Waals surface area (Å²) in [4.78, 5) is 2.08. The van der Waals surface area contributed by atoms with Gasteiger partial charge in [-0.15, -0.1) is 0 Å². The Bertz CT molecular complexity index is 1020. The third-order valence-corrected chi connectivity index (χ3v) is 5.84. The van der Waals surface area contributed by atoms with Gasteiger partial charge in [-0.2, -0.15) is 13.2 Å². The molecular formula is C25H27F5N2. The van der Waals surface area contributed by atoms with Crippen molar-refractivity contribution in [1.82, 2.24) is 9.47 Å². The second-order valence-corrected chi connectivity index (χ2v) is 8.45. The van der Waals surface area contributed by atoms with Gasteiger partial charge in [-0.3, -0.25) is 4.90 Å². The first-order valence-corrected chi connectivity index (χ1v) is 10.5. The fraction of sp³-hybridized carbons (Fsp3) is 0.360. The molecule has 0 bridgehead atoms. The molecule has 2 aromatic carbocycles. The van der Waals surface area contributed by atoms with E-state index in [-0.39, 0.29) is 18.5 Å². The van der Waals surface area contributed by atoms with Gasteiger partial charge in [0.15, 0.2) is 0 Å². The highest BCUT2D eigenvalue weighted by Crippen LogP contribution is 2.29. The van der Waals surface area contributed by atoms with Crippen LogP contribution in [0.5, 0.6) is 0 Å². The molecule has 1 heterocycles. The summed E-state index contributed by atoms with van der Waals surface area (Å²) >= 11 is 0. The molecule has 0 saturated carbocycles. The van der Waals surface area contributed by atoms with E-state index in [0.29, 0.717) is 18.7 Å². The van der Waals surface area contributed by atoms with E-state index in [2.05, 4.69) is 18.7 Å². The van der Waals surface area contributed by atoms with Crippen LogP contribution in [-0.4, -0.2) is 15.5 Å². The Morgan fingerprint density at radius 3 is 2.22 bits per heavy atom. The molecule has 0 saturated heterocycles. The lowest BCUT2D eigenvalue weighted by Gasteiger charge is -2.32. The van der Waals surface area contributed by atoms with Crippen LogP contribution in [0.2, 0.25) is 0 Å². The zero-order chi connectivity index (χ0) is 23.5. The molecule has 0 fully saturated rings. The molecule has 1 atom stereocenters. The Morgan fingerprint density at radius 1 is 0.906 bits per heavy atom. The number of aromatic nitrogens is 1. The zero-order valence-electron chi connectivity index (χ0n) is 18.3. The molecule has 0 aliphatic carbocycles. The fourth-order valence-corrected chi connectivity index (χ4v) is 3.60. The third kappa shape index (κ3) is 5.97. The standard InChI is InChI=1S/C25H27F5N2/c1-17(2)18(3)32(15-20-13-22(26)10-11-24(20)27)16-23-5-4-12-31(23)14-19-6-8-21(9-7-19)25(28,29)30/h4-13,17-18H,14-16H2,1-3H3/t18-/m0/s1. The molecule has 2 nitrogen and oxygen atoms in total. The van der Waals surface area contributed by atoms with Crippen LogP contribution in [-0.2, 0) is 25.8 Å². The molecule has 3 rings (SSSR count). The Balaban J connectivity index is 1.80. The summed E-state index contributed by atoms with van der Waals surface area (Å²) in [5.41, 5.74) is 1.30. The predicted octanol–water partition coefficient (Wildman–Crippen LogP) is 6.88. The first-order chi connectivity index (χ1) is 15.0. The van der Waals surface area contributed by atoms with E-state index >= 15 is 0 Å². The topological polar surface area (TPSA) is 8.17 Å². The predicted molar refractivity (Wildman–Crippen MR) is 115 cm³/mol. The largest absolute Gasteiger partial charge is 0.416 e. The van der Waals surface area contributed by atoms with E-state index in [1.54, 1.807) is 0 Å². The van der Waals surface area contributed by atoms with Crippen molar-refractivity contribution < 1.29 is 22.0 Å². The minimum Gasteiger partial charge on any atom is -0.346 e. The number of rotatable bonds is 8. The number of benzene rings is 2. The minimum atomic E-state index is -4.36. The summed E-state index contributed by atoms with van der Waals surface area (Å²) in [7, 11) is 0. The highest BCUT2D eigenvalue weighted by molar-refractivity contribution is 5.25. The molecule has 0 radical (unpaired) electrons. The quantitative estimate of drug-likeness (QED) is 0.340. The maximum absolute atomic E-state index is 14.3. The van der Waals surface area contributed by atoms with Crippen LogP contribution in [0.1, 0.15) is 43.2 Å². The average molecular weight is 450 g/mol. The Kier molecular flexibility index (Phi) is 7.39. The highest BCUT2D eigenvalue weighted by atomic mass is 19.4. The van der Waals surface area contributed by atoms with Crippen molar-refractivity contribution in [2.24, 2.45) is 5.92 Å². The van der Waals surface area contributed by atoms with Crippen molar-refractivity contribution in [2.45, 2.75) is 52.6 Å². The van der Waals surface area contributed by atoms with Crippen molar-refractivity contribution in [1.29, 1.82) is 0 Å². The molecule has 0 spiro atoms. The molecule has 1 aromatic heterocycles. The molecule has 7 heteroatoms. The van der Waals surface area contributed by atoms with Crippen molar-refractivity contribution in [3.63, 3.8) is 0 Å². The molecule has 3 aromatic rings. The number of hydrogen-bond donors (Lipinski definition) is 0. The van der Waals surface area contributed by atoms with Gasteiger partial charge in [-0.05, 0) is 60.9 Å². The molecule has 0 aliphatic rings. The number of nitrogens with zero attached hydrogens (tertiary/aromatic N) is 2. The smallest absolute Gasteiger partial charge is 0.346 e. The van der Waals surface area contributed by atoms with Gasteiger partial charge in [0, 0.05) is 43.1 Å². The van der Waals surface area contributed by atoms with Crippen molar-refractivity contribution in [3.05, 3.63) is 94.8 Å². The van der Waals surface area contributed by atoms with Gasteiger partial charge in [-0.25, -0.2) is 8.78 Å². The van der Waals surface area contributed by atoms with Gasteiger partial charge >= 0.3 is 6.18 Å². The van der Waals surface area contributed by atoms with E-state index in [1.807, 2.05) is 29.8 Å². The van der Waals surface area contributed by atoms with Crippen LogP contribution < -0.4 is 0 Å². The van der Waals surface area contributed by atoms with Gasteiger partial charge < -0.3 is 4.57 Å². The van der Waals surface area contributed by atoms with Gasteiger partial charge in [-0.1, -0.05) is 26.0 Å². The summed E-state index contributed by atoms with van der Waals surface area (Å²) in [6.45, 7) is 7.34. The van der Waals surface area contributed by atoms with Crippen molar-refractivity contribution >= 4 is 0 Å². The molecule has 172 valence electrons. The minimum absolute atomic E-state index is 0.0899. The van der Waals surface area contributed by atoms with Gasteiger partial charge in [0.1, 0.15) is 11.6 Å². The highest BCUT2D eigenvalue weighted by Gasteiger charge is 2.30. The Hall–Kier alpha value is -2.67. The lowest BCUT2D eigenvalue weighted by molar-refractivity contribution is -0.137. The van der Waals surface area contributed by atoms with E-state index in [1.165, 1.54) is 18.2 Å². The second kappa shape index (κ2) is 9.86. The third-order valence-electron chi connectivity index (χ3n) is 5.84.